The Bertz CT molecular complexity index is 186. The molecular weight excluding hydrogens is 170 g/mol. The molecule has 76 valence electrons. The zero-order valence-electron chi connectivity index (χ0n) is 7.86. The van der Waals surface area contributed by atoms with Crippen LogP contribution in [-0.2, 0) is 4.79 Å². The van der Waals surface area contributed by atoms with Gasteiger partial charge in [0.1, 0.15) is 0 Å². The van der Waals surface area contributed by atoms with Crippen molar-refractivity contribution in [3.63, 3.8) is 0 Å². The molecule has 0 bridgehead atoms. The van der Waals surface area contributed by atoms with E-state index < -0.39 is 6.10 Å². The Morgan fingerprint density at radius 3 is 3.00 bits per heavy atom. The van der Waals surface area contributed by atoms with E-state index in [2.05, 4.69) is 5.32 Å². The summed E-state index contributed by atoms with van der Waals surface area (Å²) in [6, 6.07) is 0. The third-order valence-corrected chi connectivity index (χ3v) is 2.29. The van der Waals surface area contributed by atoms with Gasteiger partial charge >= 0.3 is 0 Å². The lowest BCUT2D eigenvalue weighted by Crippen LogP contribution is -2.43. The lowest BCUT2D eigenvalue weighted by atomic mass is 10.3. The van der Waals surface area contributed by atoms with Gasteiger partial charge in [0.15, 0.2) is 0 Å². The molecule has 0 aromatic heterocycles. The van der Waals surface area contributed by atoms with E-state index in [1.54, 1.807) is 11.9 Å². The number of likely N-dealkylation sites (tertiary alicyclic amines) is 1. The maximum atomic E-state index is 11.5. The molecule has 0 aliphatic carbocycles. The predicted octanol–water partition coefficient (Wildman–Crippen LogP) is -1.53. The van der Waals surface area contributed by atoms with E-state index in [-0.39, 0.29) is 12.1 Å². The van der Waals surface area contributed by atoms with E-state index in [9.17, 15) is 9.90 Å². The van der Waals surface area contributed by atoms with Gasteiger partial charge in [-0.25, -0.2) is 0 Å². The number of carbonyl (C=O) groups is 1. The highest BCUT2D eigenvalue weighted by Crippen LogP contribution is 2.15. The van der Waals surface area contributed by atoms with Gasteiger partial charge in [0.05, 0.1) is 12.3 Å². The molecular formula is C8H17N3O2. The zero-order valence-corrected chi connectivity index (χ0v) is 7.86. The van der Waals surface area contributed by atoms with Crippen molar-refractivity contribution in [3.05, 3.63) is 0 Å². The van der Waals surface area contributed by atoms with E-state index in [1.165, 1.54) is 0 Å². The first-order valence-corrected chi connectivity index (χ1v) is 4.54. The van der Waals surface area contributed by atoms with Crippen LogP contribution in [0.15, 0.2) is 0 Å². The molecule has 1 rings (SSSR count). The highest BCUT2D eigenvalue weighted by Gasteiger charge is 2.32. The van der Waals surface area contributed by atoms with Crippen LogP contribution in [0.3, 0.4) is 0 Å². The Kier molecular flexibility index (Phi) is 3.65. The molecule has 13 heavy (non-hydrogen) atoms. The summed E-state index contributed by atoms with van der Waals surface area (Å²) in [4.78, 5) is 13.1. The first kappa shape index (κ1) is 10.4. The minimum Gasteiger partial charge on any atom is -0.391 e. The largest absolute Gasteiger partial charge is 0.391 e. The standard InChI is InChI=1S/C8H17N3O2/c1-10-7-4-6(12)5-11(7)8(13)2-3-9/h6-7,10,12H,2-5,9H2,1H3. The van der Waals surface area contributed by atoms with Crippen LogP contribution in [0.5, 0.6) is 0 Å². The van der Waals surface area contributed by atoms with E-state index in [1.807, 2.05) is 0 Å². The summed E-state index contributed by atoms with van der Waals surface area (Å²) < 4.78 is 0. The molecule has 1 aliphatic rings. The van der Waals surface area contributed by atoms with Gasteiger partial charge in [-0.2, -0.15) is 0 Å². The SMILES string of the molecule is CNC1CC(O)CN1C(=O)CCN. The molecule has 1 aliphatic heterocycles. The molecule has 1 saturated heterocycles. The second-order valence-corrected chi connectivity index (χ2v) is 3.28. The van der Waals surface area contributed by atoms with Gasteiger partial charge in [0, 0.05) is 25.9 Å². The van der Waals surface area contributed by atoms with Crippen LogP contribution >= 0.6 is 0 Å². The third-order valence-electron chi connectivity index (χ3n) is 2.29. The Labute approximate surface area is 77.9 Å². The van der Waals surface area contributed by atoms with Gasteiger partial charge in [0.25, 0.3) is 0 Å². The maximum Gasteiger partial charge on any atom is 0.225 e. The van der Waals surface area contributed by atoms with Crippen molar-refractivity contribution in [2.75, 3.05) is 20.1 Å². The summed E-state index contributed by atoms with van der Waals surface area (Å²) in [5.41, 5.74) is 5.29. The highest BCUT2D eigenvalue weighted by atomic mass is 16.3. The topological polar surface area (TPSA) is 78.6 Å². The summed E-state index contributed by atoms with van der Waals surface area (Å²) >= 11 is 0. The van der Waals surface area contributed by atoms with Crippen LogP contribution in [0.1, 0.15) is 12.8 Å². The highest BCUT2D eigenvalue weighted by molar-refractivity contribution is 5.77. The van der Waals surface area contributed by atoms with Crippen LogP contribution in [0.4, 0.5) is 0 Å². The average Bonchev–Trinajstić information content (AvgIpc) is 2.47. The quantitative estimate of drug-likeness (QED) is 0.501. The second kappa shape index (κ2) is 4.55. The first-order valence-electron chi connectivity index (χ1n) is 4.54. The van der Waals surface area contributed by atoms with Gasteiger partial charge in [-0.15, -0.1) is 0 Å². The van der Waals surface area contributed by atoms with Crippen molar-refractivity contribution >= 4 is 5.91 Å². The lowest BCUT2D eigenvalue weighted by molar-refractivity contribution is -0.132. The minimum absolute atomic E-state index is 0.0124. The molecule has 5 heteroatoms. The number of hydrogen-bond acceptors (Lipinski definition) is 4. The minimum atomic E-state index is -0.404. The number of aliphatic hydroxyl groups excluding tert-OH is 1. The molecule has 1 fully saturated rings. The molecule has 0 aromatic rings. The van der Waals surface area contributed by atoms with E-state index >= 15 is 0 Å². The fraction of sp³-hybridized carbons (Fsp3) is 0.875. The molecule has 2 atom stereocenters. The molecule has 1 amide bonds. The summed E-state index contributed by atoms with van der Waals surface area (Å²) in [7, 11) is 1.78. The lowest BCUT2D eigenvalue weighted by Gasteiger charge is -2.23. The molecule has 4 N–H and O–H groups in total. The first-order chi connectivity index (χ1) is 6.19. The molecule has 0 saturated carbocycles. The van der Waals surface area contributed by atoms with Crippen LogP contribution in [-0.4, -0.2) is 48.3 Å². The predicted molar refractivity (Wildman–Crippen MR) is 48.9 cm³/mol. The summed E-state index contributed by atoms with van der Waals surface area (Å²) in [5.74, 6) is 0.0124. The smallest absolute Gasteiger partial charge is 0.225 e. The summed E-state index contributed by atoms with van der Waals surface area (Å²) in [6.07, 6.45) is 0.519. The van der Waals surface area contributed by atoms with E-state index in [0.717, 1.165) is 0 Å². The van der Waals surface area contributed by atoms with Crippen molar-refractivity contribution in [1.29, 1.82) is 0 Å². The number of nitrogens with two attached hydrogens (primary N) is 1. The van der Waals surface area contributed by atoms with Crippen LogP contribution in [0.25, 0.3) is 0 Å². The Morgan fingerprint density at radius 1 is 1.77 bits per heavy atom. The van der Waals surface area contributed by atoms with Crippen LogP contribution in [0.2, 0.25) is 0 Å². The number of carbonyl (C=O) groups excluding carboxylic acids is 1. The van der Waals surface area contributed by atoms with E-state index in [4.69, 9.17) is 5.73 Å². The molecule has 1 heterocycles. The fourth-order valence-electron chi connectivity index (χ4n) is 1.63. The average molecular weight is 187 g/mol. The Morgan fingerprint density at radius 2 is 2.46 bits per heavy atom. The number of nitrogens with zero attached hydrogens (tertiary/aromatic N) is 1. The van der Waals surface area contributed by atoms with Crippen molar-refractivity contribution < 1.29 is 9.90 Å². The molecule has 5 nitrogen and oxygen atoms in total. The van der Waals surface area contributed by atoms with Gasteiger partial charge in [-0.05, 0) is 7.05 Å². The molecule has 0 aromatic carbocycles. The number of aliphatic hydroxyl groups is 1. The van der Waals surface area contributed by atoms with E-state index in [0.29, 0.717) is 25.9 Å². The maximum absolute atomic E-state index is 11.5. The number of amides is 1. The van der Waals surface area contributed by atoms with Crippen molar-refractivity contribution in [1.82, 2.24) is 10.2 Å². The fourth-order valence-corrected chi connectivity index (χ4v) is 1.63. The van der Waals surface area contributed by atoms with Crippen molar-refractivity contribution in [3.8, 4) is 0 Å². The van der Waals surface area contributed by atoms with Crippen LogP contribution in [0, 0.1) is 0 Å². The normalized spacial score (nSPS) is 28.1. The molecule has 2 unspecified atom stereocenters. The zero-order chi connectivity index (χ0) is 9.84. The van der Waals surface area contributed by atoms with Gasteiger partial charge in [0.2, 0.25) is 5.91 Å². The van der Waals surface area contributed by atoms with Crippen LogP contribution < -0.4 is 11.1 Å². The number of hydrogen-bond donors (Lipinski definition) is 3. The second-order valence-electron chi connectivity index (χ2n) is 3.28. The molecule has 0 radical (unpaired) electrons. The number of nitrogens with one attached hydrogen (secondary N) is 1. The monoisotopic (exact) mass is 187 g/mol. The number of rotatable bonds is 3. The third kappa shape index (κ3) is 2.40. The summed E-state index contributed by atoms with van der Waals surface area (Å²) in [5, 5.41) is 12.3. The van der Waals surface area contributed by atoms with Gasteiger partial charge in [-0.3, -0.25) is 4.79 Å². The van der Waals surface area contributed by atoms with Crippen molar-refractivity contribution in [2.24, 2.45) is 5.73 Å². The Balaban J connectivity index is 2.52. The van der Waals surface area contributed by atoms with Gasteiger partial charge < -0.3 is 21.1 Å². The summed E-state index contributed by atoms with van der Waals surface area (Å²) in [6.45, 7) is 0.784. The molecule has 0 spiro atoms. The van der Waals surface area contributed by atoms with Crippen molar-refractivity contribution in [2.45, 2.75) is 25.1 Å². The number of β-amino-alcohol motifs (C(OH)–C–C–N with tert-alkyl or cyclic N) is 1. The van der Waals surface area contributed by atoms with Gasteiger partial charge in [-0.1, -0.05) is 0 Å². The Hall–Kier alpha value is -0.650.